The highest BCUT2D eigenvalue weighted by atomic mass is 35.5. The Balaban J connectivity index is 2.42. The van der Waals surface area contributed by atoms with E-state index in [4.69, 9.17) is 11.6 Å². The van der Waals surface area contributed by atoms with E-state index in [1.807, 2.05) is 0 Å². The van der Waals surface area contributed by atoms with Gasteiger partial charge in [-0.25, -0.2) is 4.98 Å². The van der Waals surface area contributed by atoms with Gasteiger partial charge in [-0.1, -0.05) is 17.7 Å². The van der Waals surface area contributed by atoms with Gasteiger partial charge in [0.2, 0.25) is 0 Å². The van der Waals surface area contributed by atoms with Crippen molar-refractivity contribution in [3.8, 4) is 0 Å². The topological polar surface area (TPSA) is 46.0 Å². The Morgan fingerprint density at radius 2 is 1.90 bits per heavy atom. The summed E-state index contributed by atoms with van der Waals surface area (Å²) in [5.41, 5.74) is 0.233. The molecular formula is C13H10ClF3N2O. The molecule has 106 valence electrons. The predicted molar refractivity (Wildman–Crippen MR) is 67.3 cm³/mol. The SMILES string of the molecule is Cc1ccncc1C(O)c1ccc(C(F)(F)F)nc1Cl. The van der Waals surface area contributed by atoms with E-state index in [0.29, 0.717) is 5.56 Å². The molecule has 20 heavy (non-hydrogen) atoms. The Morgan fingerprint density at radius 3 is 2.45 bits per heavy atom. The van der Waals surface area contributed by atoms with Crippen molar-refractivity contribution in [2.45, 2.75) is 19.2 Å². The van der Waals surface area contributed by atoms with Crippen LogP contribution < -0.4 is 0 Å². The summed E-state index contributed by atoms with van der Waals surface area (Å²) in [7, 11) is 0. The van der Waals surface area contributed by atoms with Crippen molar-refractivity contribution in [1.29, 1.82) is 0 Å². The van der Waals surface area contributed by atoms with Crippen LogP contribution in [0.2, 0.25) is 5.15 Å². The minimum absolute atomic E-state index is 0.107. The van der Waals surface area contributed by atoms with Gasteiger partial charge in [0.05, 0.1) is 0 Å². The van der Waals surface area contributed by atoms with Gasteiger partial charge in [0.1, 0.15) is 17.0 Å². The lowest BCUT2D eigenvalue weighted by Crippen LogP contribution is -2.10. The number of alkyl halides is 3. The zero-order valence-electron chi connectivity index (χ0n) is 10.3. The first-order valence-electron chi connectivity index (χ1n) is 5.63. The lowest BCUT2D eigenvalue weighted by Gasteiger charge is -2.15. The van der Waals surface area contributed by atoms with Gasteiger partial charge < -0.3 is 5.11 Å². The van der Waals surface area contributed by atoms with E-state index in [1.165, 1.54) is 6.20 Å². The quantitative estimate of drug-likeness (QED) is 0.863. The van der Waals surface area contributed by atoms with E-state index in [0.717, 1.165) is 17.7 Å². The summed E-state index contributed by atoms with van der Waals surface area (Å²) in [5, 5.41) is 9.82. The standard InChI is InChI=1S/C13H10ClF3N2O/c1-7-4-5-18-6-9(7)11(20)8-2-3-10(13(15,16)17)19-12(8)14/h2-6,11,20H,1H3. The number of hydrogen-bond acceptors (Lipinski definition) is 3. The van der Waals surface area contributed by atoms with Gasteiger partial charge in [-0.3, -0.25) is 4.98 Å². The molecule has 0 aromatic carbocycles. The zero-order valence-corrected chi connectivity index (χ0v) is 11.1. The maximum Gasteiger partial charge on any atom is 0.433 e. The molecule has 0 saturated carbocycles. The van der Waals surface area contributed by atoms with Crippen molar-refractivity contribution in [2.75, 3.05) is 0 Å². The van der Waals surface area contributed by atoms with E-state index in [-0.39, 0.29) is 10.7 Å². The number of aromatic nitrogens is 2. The van der Waals surface area contributed by atoms with Crippen LogP contribution in [0.3, 0.4) is 0 Å². The third-order valence-electron chi connectivity index (χ3n) is 2.84. The highest BCUT2D eigenvalue weighted by Gasteiger charge is 2.33. The van der Waals surface area contributed by atoms with Crippen LogP contribution in [0, 0.1) is 6.92 Å². The second-order valence-electron chi connectivity index (χ2n) is 4.21. The molecule has 0 fully saturated rings. The predicted octanol–water partition coefficient (Wildman–Crippen LogP) is 3.54. The number of pyridine rings is 2. The van der Waals surface area contributed by atoms with Gasteiger partial charge in [-0.15, -0.1) is 0 Å². The summed E-state index contributed by atoms with van der Waals surface area (Å²) < 4.78 is 37.5. The monoisotopic (exact) mass is 302 g/mol. The van der Waals surface area contributed by atoms with Crippen LogP contribution in [-0.2, 0) is 6.18 Å². The smallest absolute Gasteiger partial charge is 0.383 e. The molecule has 0 bridgehead atoms. The first kappa shape index (κ1) is 14.7. The fourth-order valence-electron chi connectivity index (χ4n) is 1.74. The minimum Gasteiger partial charge on any atom is -0.383 e. The molecule has 2 heterocycles. The molecule has 1 N–H and O–H groups in total. The average molecular weight is 303 g/mol. The summed E-state index contributed by atoms with van der Waals surface area (Å²) in [6.07, 6.45) is -2.75. The molecule has 0 saturated heterocycles. The van der Waals surface area contributed by atoms with Gasteiger partial charge in [0.15, 0.2) is 0 Å². The molecule has 1 unspecified atom stereocenters. The van der Waals surface area contributed by atoms with E-state index in [9.17, 15) is 18.3 Å². The minimum atomic E-state index is -4.57. The van der Waals surface area contributed by atoms with Crippen LogP contribution in [-0.4, -0.2) is 15.1 Å². The maximum absolute atomic E-state index is 12.5. The third-order valence-corrected chi connectivity index (χ3v) is 3.14. The zero-order chi connectivity index (χ0) is 14.9. The number of nitrogens with zero attached hydrogens (tertiary/aromatic N) is 2. The summed E-state index contributed by atoms with van der Waals surface area (Å²) in [6.45, 7) is 1.76. The first-order valence-corrected chi connectivity index (χ1v) is 6.00. The van der Waals surface area contributed by atoms with Crippen LogP contribution in [0.25, 0.3) is 0 Å². The molecule has 0 aliphatic heterocycles. The third kappa shape index (κ3) is 2.91. The molecule has 0 amide bonds. The molecule has 0 radical (unpaired) electrons. The summed E-state index contributed by atoms with van der Waals surface area (Å²) >= 11 is 5.74. The van der Waals surface area contributed by atoms with Crippen molar-refractivity contribution in [3.05, 3.63) is 58.1 Å². The van der Waals surface area contributed by atoms with E-state index < -0.39 is 18.0 Å². The van der Waals surface area contributed by atoms with E-state index in [2.05, 4.69) is 9.97 Å². The molecule has 2 aromatic rings. The van der Waals surface area contributed by atoms with Crippen LogP contribution in [0.1, 0.15) is 28.5 Å². The molecule has 0 aliphatic rings. The lowest BCUT2D eigenvalue weighted by molar-refractivity contribution is -0.141. The fourth-order valence-corrected chi connectivity index (χ4v) is 1.99. The van der Waals surface area contributed by atoms with Crippen LogP contribution in [0.15, 0.2) is 30.6 Å². The Hall–Kier alpha value is -1.66. The summed E-state index contributed by atoms with van der Waals surface area (Å²) in [5.74, 6) is 0. The van der Waals surface area contributed by atoms with Crippen LogP contribution in [0.4, 0.5) is 13.2 Å². The Bertz CT molecular complexity index is 631. The molecule has 3 nitrogen and oxygen atoms in total. The van der Waals surface area contributed by atoms with Crippen LogP contribution in [0.5, 0.6) is 0 Å². The van der Waals surface area contributed by atoms with Crippen molar-refractivity contribution in [1.82, 2.24) is 9.97 Å². The highest BCUT2D eigenvalue weighted by Crippen LogP contribution is 2.33. The molecule has 1 atom stereocenters. The summed E-state index contributed by atoms with van der Waals surface area (Å²) in [6, 6.07) is 3.59. The maximum atomic E-state index is 12.5. The van der Waals surface area contributed by atoms with Crippen molar-refractivity contribution < 1.29 is 18.3 Å². The van der Waals surface area contributed by atoms with E-state index >= 15 is 0 Å². The number of aryl methyl sites for hydroxylation is 1. The normalized spacial score (nSPS) is 13.3. The fraction of sp³-hybridized carbons (Fsp3) is 0.231. The number of hydrogen-bond donors (Lipinski definition) is 1. The Morgan fingerprint density at radius 1 is 1.20 bits per heavy atom. The van der Waals surface area contributed by atoms with Gasteiger partial charge in [-0.05, 0) is 24.6 Å². The van der Waals surface area contributed by atoms with Gasteiger partial charge in [0, 0.05) is 23.5 Å². The molecule has 0 spiro atoms. The van der Waals surface area contributed by atoms with Gasteiger partial charge in [0.25, 0.3) is 0 Å². The van der Waals surface area contributed by atoms with Crippen molar-refractivity contribution in [3.63, 3.8) is 0 Å². The number of aliphatic hydroxyl groups is 1. The van der Waals surface area contributed by atoms with Crippen molar-refractivity contribution >= 4 is 11.6 Å². The molecule has 7 heteroatoms. The Labute approximate surface area is 118 Å². The average Bonchev–Trinajstić information content (AvgIpc) is 2.37. The lowest BCUT2D eigenvalue weighted by atomic mass is 10.0. The van der Waals surface area contributed by atoms with Crippen molar-refractivity contribution in [2.24, 2.45) is 0 Å². The molecule has 2 rings (SSSR count). The highest BCUT2D eigenvalue weighted by molar-refractivity contribution is 6.30. The first-order chi connectivity index (χ1) is 9.30. The van der Waals surface area contributed by atoms with Crippen LogP contribution >= 0.6 is 11.6 Å². The molecule has 0 aliphatic carbocycles. The number of aliphatic hydroxyl groups excluding tert-OH is 1. The van der Waals surface area contributed by atoms with E-state index in [1.54, 1.807) is 19.2 Å². The Kier molecular flexibility index (Phi) is 3.96. The summed E-state index contributed by atoms with van der Waals surface area (Å²) in [4.78, 5) is 7.16. The van der Waals surface area contributed by atoms with Gasteiger partial charge in [-0.2, -0.15) is 13.2 Å². The molecular weight excluding hydrogens is 293 g/mol. The second-order valence-corrected chi connectivity index (χ2v) is 4.57. The van der Waals surface area contributed by atoms with Gasteiger partial charge >= 0.3 is 6.18 Å². The number of halogens is 4. The second kappa shape index (κ2) is 5.38. The number of rotatable bonds is 2. The largest absolute Gasteiger partial charge is 0.433 e. The molecule has 2 aromatic heterocycles.